The second kappa shape index (κ2) is 6.07. The van der Waals surface area contributed by atoms with Crippen LogP contribution in [0, 0.1) is 23.2 Å². The van der Waals surface area contributed by atoms with E-state index in [1.165, 1.54) is 5.57 Å². The molecule has 0 aromatic rings. The molecular weight excluding hydrogens is 286 g/mol. The maximum Gasteiger partial charge on any atom is 0.233 e. The molecule has 1 aliphatic carbocycles. The van der Waals surface area contributed by atoms with Crippen LogP contribution >= 0.6 is 0 Å². The van der Waals surface area contributed by atoms with E-state index in [0.29, 0.717) is 5.92 Å². The van der Waals surface area contributed by atoms with E-state index in [4.69, 9.17) is 0 Å². The van der Waals surface area contributed by atoms with Crippen molar-refractivity contribution in [1.29, 1.82) is 0 Å². The fourth-order valence-electron chi connectivity index (χ4n) is 4.74. The van der Waals surface area contributed by atoms with Crippen molar-refractivity contribution < 1.29 is 9.59 Å². The molecule has 1 saturated carbocycles. The van der Waals surface area contributed by atoms with E-state index in [1.807, 2.05) is 6.92 Å². The highest BCUT2D eigenvalue weighted by molar-refractivity contribution is 6.01. The Kier molecular flexibility index (Phi) is 4.81. The summed E-state index contributed by atoms with van der Waals surface area (Å²) in [6, 6.07) is 0. The molecule has 130 valence electrons. The van der Waals surface area contributed by atoms with Crippen molar-refractivity contribution in [2.24, 2.45) is 23.2 Å². The van der Waals surface area contributed by atoms with E-state index in [0.717, 1.165) is 25.7 Å². The Bertz CT molecular complexity index is 534. The number of imide groups is 1. The van der Waals surface area contributed by atoms with Gasteiger partial charge in [0.15, 0.2) is 0 Å². The van der Waals surface area contributed by atoms with Crippen molar-refractivity contribution >= 4 is 11.8 Å². The average Bonchev–Trinajstić information content (AvgIpc) is 2.76. The minimum absolute atomic E-state index is 0.0198. The zero-order valence-corrected chi connectivity index (χ0v) is 15.9. The number of rotatable bonds is 5. The van der Waals surface area contributed by atoms with Crippen LogP contribution in [0.3, 0.4) is 0 Å². The number of piperidine rings is 1. The molecule has 23 heavy (non-hydrogen) atoms. The molecule has 3 heteroatoms. The van der Waals surface area contributed by atoms with Gasteiger partial charge in [0.05, 0.1) is 5.54 Å². The number of hydrogen-bond acceptors (Lipinski definition) is 2. The predicted octanol–water partition coefficient (Wildman–Crippen LogP) is 4.57. The molecule has 2 amide bonds. The van der Waals surface area contributed by atoms with Crippen LogP contribution < -0.4 is 0 Å². The molecule has 1 heterocycles. The third-order valence-electron chi connectivity index (χ3n) is 6.75. The van der Waals surface area contributed by atoms with E-state index < -0.39 is 0 Å². The summed E-state index contributed by atoms with van der Waals surface area (Å²) in [6.07, 6.45) is 5.87. The van der Waals surface area contributed by atoms with E-state index in [1.54, 1.807) is 4.90 Å². The number of likely N-dealkylation sites (tertiary alicyclic amines) is 1. The van der Waals surface area contributed by atoms with Crippen LogP contribution in [0.2, 0.25) is 0 Å². The lowest BCUT2D eigenvalue weighted by Crippen LogP contribution is -2.53. The summed E-state index contributed by atoms with van der Waals surface area (Å²) in [4.78, 5) is 27.4. The Morgan fingerprint density at radius 3 is 2.43 bits per heavy atom. The van der Waals surface area contributed by atoms with Crippen LogP contribution in [0.4, 0.5) is 0 Å². The van der Waals surface area contributed by atoms with Gasteiger partial charge in [0.2, 0.25) is 11.8 Å². The van der Waals surface area contributed by atoms with Gasteiger partial charge < -0.3 is 0 Å². The molecule has 2 bridgehead atoms. The number of nitrogens with zero attached hydrogens (tertiary/aromatic N) is 1. The highest BCUT2D eigenvalue weighted by Gasteiger charge is 2.67. The van der Waals surface area contributed by atoms with Gasteiger partial charge in [0.1, 0.15) is 0 Å². The zero-order chi connectivity index (χ0) is 17.6. The first-order valence-electron chi connectivity index (χ1n) is 9.06. The van der Waals surface area contributed by atoms with Crippen LogP contribution in [0.5, 0.6) is 0 Å². The van der Waals surface area contributed by atoms with Gasteiger partial charge in [-0.2, -0.15) is 0 Å². The smallest absolute Gasteiger partial charge is 0.233 e. The number of allylic oxidation sites excluding steroid dienone is 2. The number of amides is 2. The van der Waals surface area contributed by atoms with Crippen molar-refractivity contribution in [1.82, 2.24) is 4.90 Å². The lowest BCUT2D eigenvalue weighted by Gasteiger charge is -2.41. The number of carbonyl (C=O) groups excluding carboxylic acids is 2. The summed E-state index contributed by atoms with van der Waals surface area (Å²) < 4.78 is 0. The summed E-state index contributed by atoms with van der Waals surface area (Å²) >= 11 is 0. The van der Waals surface area contributed by atoms with Crippen LogP contribution in [0.25, 0.3) is 0 Å². The average molecular weight is 319 g/mol. The molecular formula is C20H33NO2. The number of carbonyl (C=O) groups is 2. The van der Waals surface area contributed by atoms with E-state index in [9.17, 15) is 9.59 Å². The molecule has 1 aliphatic heterocycles. The van der Waals surface area contributed by atoms with Crippen LogP contribution in [-0.4, -0.2) is 22.3 Å². The van der Waals surface area contributed by atoms with Gasteiger partial charge in [-0.1, -0.05) is 39.3 Å². The van der Waals surface area contributed by atoms with Gasteiger partial charge in [-0.15, -0.1) is 0 Å². The summed E-state index contributed by atoms with van der Waals surface area (Å²) in [5, 5.41) is 0. The lowest BCUT2D eigenvalue weighted by molar-refractivity contribution is -0.153. The van der Waals surface area contributed by atoms with Crippen molar-refractivity contribution in [2.45, 2.75) is 79.7 Å². The highest BCUT2D eigenvalue weighted by Crippen LogP contribution is 2.59. The first-order chi connectivity index (χ1) is 10.6. The van der Waals surface area contributed by atoms with Crippen LogP contribution in [0.15, 0.2) is 11.6 Å². The Balaban J connectivity index is 2.10. The van der Waals surface area contributed by atoms with Crippen molar-refractivity contribution in [3.8, 4) is 0 Å². The van der Waals surface area contributed by atoms with E-state index in [-0.39, 0.29) is 34.6 Å². The summed E-state index contributed by atoms with van der Waals surface area (Å²) in [5.74, 6) is 0.494. The Morgan fingerprint density at radius 1 is 1.35 bits per heavy atom. The Hall–Kier alpha value is -1.12. The minimum Gasteiger partial charge on any atom is -0.276 e. The third-order valence-corrected chi connectivity index (χ3v) is 6.75. The molecule has 1 saturated heterocycles. The standard InChI is InChI=1S/C20H33NO2/c1-8-13(2)11-14(3)12-15(4)17(22)21-18(23)16-9-10-20(21,7)19(16,5)6/h8,14-16H,9-12H2,1-7H3/b13-8+/t14-,15-,16+,20+/m0/s1. The largest absolute Gasteiger partial charge is 0.276 e. The zero-order valence-electron chi connectivity index (χ0n) is 15.9. The van der Waals surface area contributed by atoms with Gasteiger partial charge in [-0.25, -0.2) is 0 Å². The summed E-state index contributed by atoms with van der Waals surface area (Å²) in [5.41, 5.74) is 0.955. The van der Waals surface area contributed by atoms with Gasteiger partial charge in [-0.3, -0.25) is 14.5 Å². The molecule has 0 unspecified atom stereocenters. The van der Waals surface area contributed by atoms with E-state index >= 15 is 0 Å². The Labute approximate surface area is 141 Å². The molecule has 0 radical (unpaired) electrons. The fraction of sp³-hybridized carbons (Fsp3) is 0.800. The topological polar surface area (TPSA) is 37.4 Å². The third kappa shape index (κ3) is 2.77. The summed E-state index contributed by atoms with van der Waals surface area (Å²) in [7, 11) is 0. The molecule has 0 spiro atoms. The quantitative estimate of drug-likeness (QED) is 0.696. The van der Waals surface area contributed by atoms with Crippen molar-refractivity contribution in [3.63, 3.8) is 0 Å². The van der Waals surface area contributed by atoms with Crippen LogP contribution in [0.1, 0.15) is 74.1 Å². The molecule has 2 aliphatic rings. The highest BCUT2D eigenvalue weighted by atomic mass is 16.2. The fourth-order valence-corrected chi connectivity index (χ4v) is 4.74. The maximum atomic E-state index is 13.0. The molecule has 3 nitrogen and oxygen atoms in total. The van der Waals surface area contributed by atoms with Gasteiger partial charge in [0.25, 0.3) is 0 Å². The molecule has 0 aromatic heterocycles. The molecule has 0 aromatic carbocycles. The van der Waals surface area contributed by atoms with Gasteiger partial charge in [0, 0.05) is 11.8 Å². The molecule has 0 N–H and O–H groups in total. The maximum absolute atomic E-state index is 13.0. The number of hydrogen-bond donors (Lipinski definition) is 0. The predicted molar refractivity (Wildman–Crippen MR) is 93.8 cm³/mol. The second-order valence-corrected chi connectivity index (χ2v) is 8.68. The van der Waals surface area contributed by atoms with Crippen LogP contribution in [-0.2, 0) is 9.59 Å². The van der Waals surface area contributed by atoms with Crippen molar-refractivity contribution in [3.05, 3.63) is 11.6 Å². The summed E-state index contributed by atoms with van der Waals surface area (Å²) in [6.45, 7) is 14.8. The Morgan fingerprint density at radius 2 is 1.96 bits per heavy atom. The molecule has 4 atom stereocenters. The minimum atomic E-state index is -0.303. The molecule has 2 rings (SSSR count). The van der Waals surface area contributed by atoms with Gasteiger partial charge in [-0.05, 0) is 57.8 Å². The SMILES string of the molecule is C/C=C(\C)C[C@H](C)C[C@H](C)C(=O)N1C(=O)[C@H]2CC[C@]1(C)C2(C)C. The number of fused-ring (bicyclic) bond motifs is 2. The lowest BCUT2D eigenvalue weighted by atomic mass is 9.74. The normalized spacial score (nSPS) is 32.3. The second-order valence-electron chi connectivity index (χ2n) is 8.68. The van der Waals surface area contributed by atoms with E-state index in [2.05, 4.69) is 47.6 Å². The van der Waals surface area contributed by atoms with Crippen molar-refractivity contribution in [2.75, 3.05) is 0 Å². The van der Waals surface area contributed by atoms with Gasteiger partial charge >= 0.3 is 0 Å². The monoisotopic (exact) mass is 319 g/mol. The first-order valence-corrected chi connectivity index (χ1v) is 9.06. The molecule has 2 fully saturated rings. The first kappa shape index (κ1) is 18.2.